The Hall–Kier alpha value is -0.870. The molecule has 1 rings (SSSR count). The van der Waals surface area contributed by atoms with Crippen LogP contribution in [0, 0.1) is 5.92 Å². The summed E-state index contributed by atoms with van der Waals surface area (Å²) in [7, 11) is 1.57. The third kappa shape index (κ3) is 3.57. The Balaban J connectivity index is 2.98. The van der Waals surface area contributed by atoms with Crippen LogP contribution in [0.15, 0.2) is 0 Å². The molecule has 1 atom stereocenters. The lowest BCUT2D eigenvalue weighted by Gasteiger charge is -2.18. The van der Waals surface area contributed by atoms with Crippen LogP contribution in [0.1, 0.15) is 39.1 Å². The monoisotopic (exact) mass is 286 g/mol. The summed E-state index contributed by atoms with van der Waals surface area (Å²) < 4.78 is 7.08. The number of carbonyl (C=O) groups excluding carboxylic acids is 1. The van der Waals surface area contributed by atoms with Gasteiger partial charge in [-0.1, -0.05) is 32.4 Å². The van der Waals surface area contributed by atoms with Gasteiger partial charge in [0.15, 0.2) is 5.78 Å². The third-order valence-corrected chi connectivity index (χ3v) is 3.65. The van der Waals surface area contributed by atoms with Crippen LogP contribution < -0.4 is 0 Å². The predicted octanol–water partition coefficient (Wildman–Crippen LogP) is 2.90. The molecule has 0 aliphatic rings. The quantitative estimate of drug-likeness (QED) is 0.774. The molecule has 0 aliphatic heterocycles. The zero-order chi connectivity index (χ0) is 14.6. The van der Waals surface area contributed by atoms with E-state index in [0.717, 1.165) is 17.8 Å². The summed E-state index contributed by atoms with van der Waals surface area (Å²) in [6.45, 7) is 8.66. The number of ketones is 1. The molecule has 19 heavy (non-hydrogen) atoms. The smallest absolute Gasteiger partial charge is 0.167 e. The number of aromatic nitrogens is 2. The number of ether oxygens (including phenoxy) is 1. The first kappa shape index (κ1) is 16.2. The molecule has 0 fully saturated rings. The second kappa shape index (κ2) is 7.06. The van der Waals surface area contributed by atoms with E-state index >= 15 is 0 Å². The number of halogens is 1. The fourth-order valence-electron chi connectivity index (χ4n) is 2.23. The molecule has 0 amide bonds. The molecular formula is C14H23ClN2O2. The van der Waals surface area contributed by atoms with E-state index in [9.17, 15) is 4.79 Å². The fourth-order valence-corrected chi connectivity index (χ4v) is 2.56. The van der Waals surface area contributed by atoms with E-state index in [1.54, 1.807) is 7.11 Å². The lowest BCUT2D eigenvalue weighted by atomic mass is 9.99. The van der Waals surface area contributed by atoms with E-state index in [4.69, 9.17) is 16.3 Å². The zero-order valence-corrected chi connectivity index (χ0v) is 13.1. The fraction of sp³-hybridized carbons (Fsp3) is 0.714. The highest BCUT2D eigenvalue weighted by molar-refractivity contribution is 6.32. The molecule has 5 heteroatoms. The number of carbonyl (C=O) groups is 1. The van der Waals surface area contributed by atoms with Crippen LogP contribution in [-0.2, 0) is 28.9 Å². The summed E-state index contributed by atoms with van der Waals surface area (Å²) in [4.78, 5) is 12.3. The van der Waals surface area contributed by atoms with Crippen LogP contribution in [0.5, 0.6) is 0 Å². The van der Waals surface area contributed by atoms with E-state index < -0.39 is 0 Å². The van der Waals surface area contributed by atoms with Gasteiger partial charge >= 0.3 is 0 Å². The van der Waals surface area contributed by atoms with Crippen molar-refractivity contribution < 1.29 is 9.53 Å². The van der Waals surface area contributed by atoms with Crippen molar-refractivity contribution in [2.75, 3.05) is 7.11 Å². The van der Waals surface area contributed by atoms with Crippen LogP contribution in [0.3, 0.4) is 0 Å². The largest absolute Gasteiger partial charge is 0.373 e. The molecule has 0 radical (unpaired) electrons. The lowest BCUT2D eigenvalue weighted by molar-refractivity contribution is -0.130. The maximum atomic E-state index is 12.3. The number of aryl methyl sites for hydroxylation is 2. The molecule has 0 aliphatic carbocycles. The highest BCUT2D eigenvalue weighted by Gasteiger charge is 2.25. The molecule has 0 spiro atoms. The molecule has 1 aromatic heterocycles. The molecule has 108 valence electrons. The van der Waals surface area contributed by atoms with Crippen molar-refractivity contribution in [3.05, 3.63) is 16.4 Å². The summed E-state index contributed by atoms with van der Waals surface area (Å²) in [5.74, 6) is 0.205. The first-order valence-electron chi connectivity index (χ1n) is 6.75. The molecule has 1 aromatic rings. The highest BCUT2D eigenvalue weighted by atomic mass is 35.5. The van der Waals surface area contributed by atoms with Crippen molar-refractivity contribution in [2.24, 2.45) is 5.92 Å². The van der Waals surface area contributed by atoms with Gasteiger partial charge in [0.1, 0.15) is 6.10 Å². The first-order chi connectivity index (χ1) is 8.96. The standard InChI is InChI=1S/C14H23ClN2O2/c1-6-10-13(15)11(17(7-2)16-10)8-12(18)14(19-5)9(3)4/h9,14H,6-8H2,1-5H3. The average Bonchev–Trinajstić information content (AvgIpc) is 2.66. The van der Waals surface area contributed by atoms with E-state index in [1.165, 1.54) is 0 Å². The Morgan fingerprint density at radius 2 is 2.05 bits per heavy atom. The van der Waals surface area contributed by atoms with Gasteiger partial charge in [-0.15, -0.1) is 0 Å². The topological polar surface area (TPSA) is 44.1 Å². The zero-order valence-electron chi connectivity index (χ0n) is 12.4. The van der Waals surface area contributed by atoms with Gasteiger partial charge in [-0.25, -0.2) is 0 Å². The number of methoxy groups -OCH3 is 1. The Morgan fingerprint density at radius 3 is 2.47 bits per heavy atom. The number of nitrogens with zero attached hydrogens (tertiary/aromatic N) is 2. The van der Waals surface area contributed by atoms with Gasteiger partial charge in [-0.2, -0.15) is 5.10 Å². The van der Waals surface area contributed by atoms with E-state index in [1.807, 2.05) is 32.4 Å². The minimum Gasteiger partial charge on any atom is -0.373 e. The first-order valence-corrected chi connectivity index (χ1v) is 7.13. The number of hydrogen-bond acceptors (Lipinski definition) is 3. The van der Waals surface area contributed by atoms with Crippen LogP contribution in [0.4, 0.5) is 0 Å². The molecule has 0 aromatic carbocycles. The molecule has 0 N–H and O–H groups in total. The summed E-state index contributed by atoms with van der Waals surface area (Å²) in [6.07, 6.45) is 0.655. The molecular weight excluding hydrogens is 264 g/mol. The van der Waals surface area contributed by atoms with Crippen molar-refractivity contribution in [1.82, 2.24) is 9.78 Å². The van der Waals surface area contributed by atoms with Crippen molar-refractivity contribution in [3.8, 4) is 0 Å². The van der Waals surface area contributed by atoms with Gasteiger partial charge in [0, 0.05) is 13.7 Å². The van der Waals surface area contributed by atoms with Gasteiger partial charge < -0.3 is 4.74 Å². The SMILES string of the molecule is CCc1nn(CC)c(CC(=O)C(OC)C(C)C)c1Cl. The number of hydrogen-bond donors (Lipinski definition) is 0. The Morgan fingerprint density at radius 1 is 1.42 bits per heavy atom. The Bertz CT molecular complexity index is 441. The van der Waals surface area contributed by atoms with Crippen molar-refractivity contribution in [2.45, 2.75) is 53.2 Å². The molecule has 1 heterocycles. The summed E-state index contributed by atoms with van der Waals surface area (Å²) in [5, 5.41) is 5.04. The van der Waals surface area contributed by atoms with Crippen LogP contribution in [0.2, 0.25) is 5.02 Å². The molecule has 0 saturated heterocycles. The van der Waals surface area contributed by atoms with Crippen molar-refractivity contribution in [3.63, 3.8) is 0 Å². The minimum atomic E-state index is -0.388. The van der Waals surface area contributed by atoms with Gasteiger partial charge in [-0.05, 0) is 19.3 Å². The molecule has 1 unspecified atom stereocenters. The summed E-state index contributed by atoms with van der Waals surface area (Å²) >= 11 is 6.30. The highest BCUT2D eigenvalue weighted by Crippen LogP contribution is 2.23. The molecule has 0 bridgehead atoms. The maximum Gasteiger partial charge on any atom is 0.167 e. The van der Waals surface area contributed by atoms with Crippen molar-refractivity contribution in [1.29, 1.82) is 0 Å². The van der Waals surface area contributed by atoms with E-state index in [2.05, 4.69) is 5.10 Å². The second-order valence-electron chi connectivity index (χ2n) is 4.92. The van der Waals surface area contributed by atoms with Crippen LogP contribution in [0.25, 0.3) is 0 Å². The van der Waals surface area contributed by atoms with Crippen molar-refractivity contribution >= 4 is 17.4 Å². The molecule has 0 saturated carbocycles. The molecule has 4 nitrogen and oxygen atoms in total. The maximum absolute atomic E-state index is 12.3. The second-order valence-corrected chi connectivity index (χ2v) is 5.30. The van der Waals surface area contributed by atoms with Gasteiger partial charge in [0.05, 0.1) is 22.8 Å². The summed E-state index contributed by atoms with van der Waals surface area (Å²) in [6, 6.07) is 0. The lowest BCUT2D eigenvalue weighted by Crippen LogP contribution is -2.30. The Kier molecular flexibility index (Phi) is 6.01. The van der Waals surface area contributed by atoms with E-state index in [-0.39, 0.29) is 24.2 Å². The van der Waals surface area contributed by atoms with Crippen LogP contribution in [-0.4, -0.2) is 28.8 Å². The van der Waals surface area contributed by atoms with Gasteiger partial charge in [0.25, 0.3) is 0 Å². The van der Waals surface area contributed by atoms with E-state index in [0.29, 0.717) is 11.6 Å². The minimum absolute atomic E-state index is 0.0525. The summed E-state index contributed by atoms with van der Waals surface area (Å²) in [5.41, 5.74) is 1.65. The predicted molar refractivity (Wildman–Crippen MR) is 76.6 cm³/mol. The van der Waals surface area contributed by atoms with Gasteiger partial charge in [-0.3, -0.25) is 9.48 Å². The number of Topliss-reactive ketones (excluding diaryl/α,β-unsaturated/α-hetero) is 1. The average molecular weight is 287 g/mol. The third-order valence-electron chi connectivity index (χ3n) is 3.21. The Labute approximate surface area is 120 Å². The normalized spacial score (nSPS) is 13.0. The van der Waals surface area contributed by atoms with Gasteiger partial charge in [0.2, 0.25) is 0 Å². The van der Waals surface area contributed by atoms with Crippen LogP contribution >= 0.6 is 11.6 Å². The number of rotatable bonds is 7.